The normalized spacial score (nSPS) is 11.5. The van der Waals surface area contributed by atoms with Gasteiger partial charge in [-0.3, -0.25) is 0 Å². The van der Waals surface area contributed by atoms with E-state index in [0.717, 1.165) is 0 Å². The maximum absolute atomic E-state index is 12.3. The Morgan fingerprint density at radius 1 is 1.14 bits per heavy atom. The van der Waals surface area contributed by atoms with E-state index in [4.69, 9.17) is 14.2 Å². The van der Waals surface area contributed by atoms with Gasteiger partial charge in [-0.2, -0.15) is 5.26 Å². The fourth-order valence-corrected chi connectivity index (χ4v) is 2.55. The molecule has 2 rings (SSSR count). The van der Waals surface area contributed by atoms with Crippen molar-refractivity contribution in [3.05, 3.63) is 65.2 Å². The molecule has 0 unspecified atom stereocenters. The molecular formula is C22H21NO5. The lowest BCUT2D eigenvalue weighted by molar-refractivity contribution is -0.137. The lowest BCUT2D eigenvalue weighted by atomic mass is 9.98. The number of nitriles is 1. The third-order valence-electron chi connectivity index (χ3n) is 3.87. The van der Waals surface area contributed by atoms with Crippen LogP contribution in [0, 0.1) is 11.3 Å². The Hall–Kier alpha value is -3.72. The van der Waals surface area contributed by atoms with Crippen LogP contribution in [0.3, 0.4) is 0 Å². The molecule has 0 saturated carbocycles. The molecule has 0 spiro atoms. The number of phenols is 1. The summed E-state index contributed by atoms with van der Waals surface area (Å²) < 4.78 is 15.6. The van der Waals surface area contributed by atoms with Gasteiger partial charge in [0, 0.05) is 5.57 Å². The summed E-state index contributed by atoms with van der Waals surface area (Å²) in [5.74, 6) is 0.390. The molecule has 144 valence electrons. The molecular weight excluding hydrogens is 358 g/mol. The number of rotatable bonds is 7. The van der Waals surface area contributed by atoms with Crippen molar-refractivity contribution < 1.29 is 24.1 Å². The molecule has 0 aliphatic carbocycles. The van der Waals surface area contributed by atoms with E-state index in [1.54, 1.807) is 61.5 Å². The van der Waals surface area contributed by atoms with Crippen LogP contribution in [0.15, 0.2) is 54.1 Å². The summed E-state index contributed by atoms with van der Waals surface area (Å²) in [5.41, 5.74) is 1.52. The lowest BCUT2D eigenvalue weighted by Gasteiger charge is -2.12. The summed E-state index contributed by atoms with van der Waals surface area (Å²) in [6, 6.07) is 13.6. The van der Waals surface area contributed by atoms with Gasteiger partial charge in [0.25, 0.3) is 0 Å². The van der Waals surface area contributed by atoms with E-state index in [0.29, 0.717) is 28.2 Å². The van der Waals surface area contributed by atoms with Gasteiger partial charge in [-0.15, -0.1) is 0 Å². The average Bonchev–Trinajstić information content (AvgIpc) is 2.70. The first-order valence-corrected chi connectivity index (χ1v) is 8.55. The highest BCUT2D eigenvalue weighted by Gasteiger charge is 2.18. The molecule has 0 amide bonds. The van der Waals surface area contributed by atoms with Crippen LogP contribution in [0.5, 0.6) is 17.2 Å². The molecule has 0 heterocycles. The Bertz CT molecular complexity index is 954. The van der Waals surface area contributed by atoms with Crippen LogP contribution in [-0.4, -0.2) is 31.9 Å². The average molecular weight is 379 g/mol. The predicted octanol–water partition coefficient (Wildman–Crippen LogP) is 3.96. The zero-order valence-corrected chi connectivity index (χ0v) is 15.9. The quantitative estimate of drug-likeness (QED) is 0.339. The van der Waals surface area contributed by atoms with Crippen LogP contribution in [0.4, 0.5) is 0 Å². The van der Waals surface area contributed by atoms with E-state index in [1.165, 1.54) is 14.2 Å². The molecule has 6 nitrogen and oxygen atoms in total. The van der Waals surface area contributed by atoms with Crippen LogP contribution in [0.1, 0.15) is 18.1 Å². The van der Waals surface area contributed by atoms with Crippen LogP contribution < -0.4 is 9.47 Å². The van der Waals surface area contributed by atoms with Crippen molar-refractivity contribution >= 4 is 17.6 Å². The van der Waals surface area contributed by atoms with Crippen molar-refractivity contribution in [2.45, 2.75) is 6.92 Å². The summed E-state index contributed by atoms with van der Waals surface area (Å²) in [7, 11) is 3.03. The minimum Gasteiger partial charge on any atom is -0.508 e. The summed E-state index contributed by atoms with van der Waals surface area (Å²) in [4.78, 5) is 12.3. The number of aromatic hydroxyl groups is 1. The summed E-state index contributed by atoms with van der Waals surface area (Å²) in [6.45, 7) is 1.82. The summed E-state index contributed by atoms with van der Waals surface area (Å²) in [6.07, 6.45) is 3.33. The van der Waals surface area contributed by atoms with Gasteiger partial charge >= 0.3 is 5.97 Å². The first-order valence-electron chi connectivity index (χ1n) is 8.55. The van der Waals surface area contributed by atoms with Gasteiger partial charge in [-0.1, -0.05) is 30.4 Å². The molecule has 0 saturated heterocycles. The smallest absolute Gasteiger partial charge is 0.349 e. The number of carbonyl (C=O) groups excluding carboxylic acids is 1. The number of allylic oxidation sites excluding steroid dienone is 2. The fourth-order valence-electron chi connectivity index (χ4n) is 2.55. The molecule has 0 aliphatic rings. The first kappa shape index (κ1) is 20.6. The van der Waals surface area contributed by atoms with E-state index in [2.05, 4.69) is 0 Å². The highest BCUT2D eigenvalue weighted by atomic mass is 16.5. The van der Waals surface area contributed by atoms with E-state index >= 15 is 0 Å². The molecule has 2 aromatic carbocycles. The zero-order valence-electron chi connectivity index (χ0n) is 15.9. The number of ether oxygens (including phenoxy) is 3. The highest BCUT2D eigenvalue weighted by molar-refractivity contribution is 6.04. The van der Waals surface area contributed by atoms with Crippen molar-refractivity contribution in [3.8, 4) is 23.3 Å². The molecule has 0 bridgehead atoms. The fraction of sp³-hybridized carbons (Fsp3) is 0.182. The van der Waals surface area contributed by atoms with Crippen molar-refractivity contribution in [3.63, 3.8) is 0 Å². The highest BCUT2D eigenvalue weighted by Crippen LogP contribution is 2.32. The Morgan fingerprint density at radius 3 is 2.50 bits per heavy atom. The Labute approximate surface area is 163 Å². The first-order chi connectivity index (χ1) is 13.5. The van der Waals surface area contributed by atoms with E-state index in [-0.39, 0.29) is 17.9 Å². The van der Waals surface area contributed by atoms with Crippen molar-refractivity contribution in [1.29, 1.82) is 5.26 Å². The standard InChI is InChI=1S/C22H21NO5/c1-4-28-22(25)19(14-23)18(10-8-15-6-5-7-17(24)12-15)16-9-11-20(26-2)21(13-16)27-3/h5-13,24H,4H2,1-3H3/b10-8+,19-18-. The second-order valence-electron chi connectivity index (χ2n) is 5.62. The maximum atomic E-state index is 12.3. The largest absolute Gasteiger partial charge is 0.508 e. The predicted molar refractivity (Wildman–Crippen MR) is 106 cm³/mol. The minimum absolute atomic E-state index is 0.115. The van der Waals surface area contributed by atoms with Gasteiger partial charge in [0.2, 0.25) is 0 Å². The number of carbonyl (C=O) groups is 1. The Morgan fingerprint density at radius 2 is 1.89 bits per heavy atom. The van der Waals surface area contributed by atoms with E-state index < -0.39 is 5.97 Å². The number of phenolic OH excluding ortho intramolecular Hbond substituents is 1. The molecule has 0 fully saturated rings. The summed E-state index contributed by atoms with van der Waals surface area (Å²) >= 11 is 0. The van der Waals surface area contributed by atoms with Gasteiger partial charge in [-0.25, -0.2) is 4.79 Å². The van der Waals surface area contributed by atoms with Gasteiger partial charge in [-0.05, 0) is 42.3 Å². The van der Waals surface area contributed by atoms with Gasteiger partial charge < -0.3 is 19.3 Å². The number of esters is 1. The SMILES string of the molecule is CCOC(=O)/C(C#N)=C(/C=C/c1cccc(O)c1)c1ccc(OC)c(OC)c1. The molecule has 28 heavy (non-hydrogen) atoms. The lowest BCUT2D eigenvalue weighted by Crippen LogP contribution is -2.08. The van der Waals surface area contributed by atoms with Crippen LogP contribution in [0.25, 0.3) is 11.6 Å². The topological polar surface area (TPSA) is 88.8 Å². The number of hydrogen-bond donors (Lipinski definition) is 1. The number of nitrogens with zero attached hydrogens (tertiary/aromatic N) is 1. The van der Waals surface area contributed by atoms with Crippen molar-refractivity contribution in [2.75, 3.05) is 20.8 Å². The molecule has 0 aromatic heterocycles. The maximum Gasteiger partial charge on any atom is 0.349 e. The zero-order chi connectivity index (χ0) is 20.5. The molecule has 6 heteroatoms. The molecule has 1 N–H and O–H groups in total. The Balaban J connectivity index is 2.62. The molecule has 0 radical (unpaired) electrons. The van der Waals surface area contributed by atoms with Crippen LogP contribution >= 0.6 is 0 Å². The third-order valence-corrected chi connectivity index (χ3v) is 3.87. The van der Waals surface area contributed by atoms with Gasteiger partial charge in [0.15, 0.2) is 11.5 Å². The minimum atomic E-state index is -0.713. The molecule has 2 aromatic rings. The van der Waals surface area contributed by atoms with E-state index in [9.17, 15) is 15.2 Å². The Kier molecular flexibility index (Phi) is 7.23. The van der Waals surface area contributed by atoms with Crippen LogP contribution in [0.2, 0.25) is 0 Å². The number of methoxy groups -OCH3 is 2. The monoisotopic (exact) mass is 379 g/mol. The van der Waals surface area contributed by atoms with Gasteiger partial charge in [0.1, 0.15) is 17.4 Å². The molecule has 0 atom stereocenters. The van der Waals surface area contributed by atoms with Crippen molar-refractivity contribution in [2.24, 2.45) is 0 Å². The third kappa shape index (κ3) is 4.92. The van der Waals surface area contributed by atoms with Gasteiger partial charge in [0.05, 0.1) is 20.8 Å². The number of benzene rings is 2. The van der Waals surface area contributed by atoms with E-state index in [1.807, 2.05) is 6.07 Å². The summed E-state index contributed by atoms with van der Waals surface area (Å²) in [5, 5.41) is 19.2. The van der Waals surface area contributed by atoms with Crippen LogP contribution in [-0.2, 0) is 9.53 Å². The second kappa shape index (κ2) is 9.83. The second-order valence-corrected chi connectivity index (χ2v) is 5.62. The number of hydrogen-bond acceptors (Lipinski definition) is 6. The van der Waals surface area contributed by atoms with Crippen molar-refractivity contribution in [1.82, 2.24) is 0 Å². The molecule has 0 aliphatic heterocycles.